The molecule has 0 radical (unpaired) electrons. The molecule has 0 aliphatic rings. The molecule has 1 amide bonds. The lowest BCUT2D eigenvalue weighted by Crippen LogP contribution is -2.21. The summed E-state index contributed by atoms with van der Waals surface area (Å²) in [6.45, 7) is 3.73. The molecular formula is C18H16FNO3. The smallest absolute Gasteiger partial charge is 0.296 e. The first-order valence-corrected chi connectivity index (χ1v) is 6.96. The highest BCUT2D eigenvalue weighted by Crippen LogP contribution is 2.18. The van der Waals surface area contributed by atoms with Crippen molar-refractivity contribution in [2.75, 3.05) is 5.32 Å². The number of hydrogen-bond acceptors (Lipinski definition) is 3. The number of nitrogens with one attached hydrogen (secondary N) is 1. The quantitative estimate of drug-likeness (QED) is 0.515. The Balaban J connectivity index is 2.13. The molecular weight excluding hydrogens is 297 g/mol. The number of carbonyl (C=O) groups is 2. The number of rotatable bonds is 4. The van der Waals surface area contributed by atoms with Crippen molar-refractivity contribution in [3.8, 4) is 0 Å². The summed E-state index contributed by atoms with van der Waals surface area (Å²) in [4.78, 5) is 23.8. The Morgan fingerprint density at radius 3 is 2.39 bits per heavy atom. The lowest BCUT2D eigenvalue weighted by molar-refractivity contribution is -0.131. The van der Waals surface area contributed by atoms with Crippen LogP contribution >= 0.6 is 0 Å². The van der Waals surface area contributed by atoms with Crippen LogP contribution in [-0.2, 0) is 9.59 Å². The van der Waals surface area contributed by atoms with E-state index in [1.54, 1.807) is 12.1 Å². The van der Waals surface area contributed by atoms with Gasteiger partial charge in [-0.25, -0.2) is 4.39 Å². The maximum absolute atomic E-state index is 12.8. The predicted molar refractivity (Wildman–Crippen MR) is 86.6 cm³/mol. The maximum atomic E-state index is 12.8. The molecule has 23 heavy (non-hydrogen) atoms. The summed E-state index contributed by atoms with van der Waals surface area (Å²) in [6.07, 6.45) is 0.813. The normalized spacial score (nSPS) is 11.2. The van der Waals surface area contributed by atoms with Gasteiger partial charge in [0.15, 0.2) is 0 Å². The van der Waals surface area contributed by atoms with Crippen molar-refractivity contribution in [1.82, 2.24) is 0 Å². The minimum absolute atomic E-state index is 0.249. The number of halogens is 1. The fourth-order valence-electron chi connectivity index (χ4n) is 1.96. The zero-order valence-electron chi connectivity index (χ0n) is 12.8. The maximum Gasteiger partial charge on any atom is 0.296 e. The first kappa shape index (κ1) is 16.4. The van der Waals surface area contributed by atoms with Crippen LogP contribution in [0.3, 0.4) is 0 Å². The van der Waals surface area contributed by atoms with Crippen LogP contribution in [0.1, 0.15) is 16.7 Å². The SMILES string of the molecule is Cc1cccc(NC(=O)C(=O)C=C(O)c2ccc(F)cc2)c1C. The van der Waals surface area contributed by atoms with Gasteiger partial charge in [0.2, 0.25) is 5.78 Å². The van der Waals surface area contributed by atoms with Crippen LogP contribution in [0.15, 0.2) is 48.5 Å². The second-order valence-electron chi connectivity index (χ2n) is 5.10. The predicted octanol–water partition coefficient (Wildman–Crippen LogP) is 3.55. The average Bonchev–Trinajstić information content (AvgIpc) is 2.52. The van der Waals surface area contributed by atoms with E-state index in [9.17, 15) is 19.1 Å². The van der Waals surface area contributed by atoms with Crippen molar-refractivity contribution in [1.29, 1.82) is 0 Å². The highest BCUT2D eigenvalue weighted by Gasteiger charge is 2.14. The van der Waals surface area contributed by atoms with Crippen LogP contribution in [0.4, 0.5) is 10.1 Å². The van der Waals surface area contributed by atoms with Gasteiger partial charge >= 0.3 is 0 Å². The molecule has 2 aromatic rings. The van der Waals surface area contributed by atoms with E-state index in [0.717, 1.165) is 29.3 Å². The van der Waals surface area contributed by atoms with E-state index in [2.05, 4.69) is 5.32 Å². The van der Waals surface area contributed by atoms with Crippen molar-refractivity contribution in [2.45, 2.75) is 13.8 Å². The topological polar surface area (TPSA) is 66.4 Å². The minimum Gasteiger partial charge on any atom is -0.507 e. The third kappa shape index (κ3) is 4.03. The molecule has 0 saturated heterocycles. The Morgan fingerprint density at radius 1 is 1.09 bits per heavy atom. The molecule has 2 aromatic carbocycles. The number of benzene rings is 2. The van der Waals surface area contributed by atoms with Crippen LogP contribution in [0.25, 0.3) is 5.76 Å². The van der Waals surface area contributed by atoms with Gasteiger partial charge in [-0.05, 0) is 55.3 Å². The van der Waals surface area contributed by atoms with Crippen LogP contribution in [0, 0.1) is 19.7 Å². The van der Waals surface area contributed by atoms with Crippen LogP contribution in [-0.4, -0.2) is 16.8 Å². The first-order chi connectivity index (χ1) is 10.9. The largest absolute Gasteiger partial charge is 0.507 e. The van der Waals surface area contributed by atoms with E-state index in [0.29, 0.717) is 5.69 Å². The average molecular weight is 313 g/mol. The molecule has 2 rings (SSSR count). The molecule has 0 aromatic heterocycles. The van der Waals surface area contributed by atoms with E-state index in [1.807, 2.05) is 19.9 Å². The van der Waals surface area contributed by atoms with Crippen molar-refractivity contribution >= 4 is 23.1 Å². The standard InChI is InChI=1S/C18H16FNO3/c1-11-4-3-5-15(12(11)2)20-18(23)17(22)10-16(21)13-6-8-14(19)9-7-13/h3-10,21H,1-2H3,(H,20,23). The molecule has 5 heteroatoms. The molecule has 0 fully saturated rings. The number of anilines is 1. The number of ketones is 1. The van der Waals surface area contributed by atoms with Gasteiger partial charge in [0, 0.05) is 17.3 Å². The zero-order valence-corrected chi connectivity index (χ0v) is 12.8. The summed E-state index contributed by atoms with van der Waals surface area (Å²) in [5, 5.41) is 12.3. The number of hydrogen-bond donors (Lipinski definition) is 2. The highest BCUT2D eigenvalue weighted by molar-refractivity contribution is 6.45. The Hall–Kier alpha value is -2.95. The summed E-state index contributed by atoms with van der Waals surface area (Å²) in [5.41, 5.74) is 2.64. The van der Waals surface area contributed by atoms with E-state index in [4.69, 9.17) is 0 Å². The Morgan fingerprint density at radius 2 is 1.74 bits per heavy atom. The molecule has 0 unspecified atom stereocenters. The summed E-state index contributed by atoms with van der Waals surface area (Å²) in [6, 6.07) is 10.3. The second-order valence-corrected chi connectivity index (χ2v) is 5.10. The van der Waals surface area contributed by atoms with Crippen molar-refractivity contribution < 1.29 is 19.1 Å². The molecule has 0 heterocycles. The van der Waals surface area contributed by atoms with E-state index < -0.39 is 23.3 Å². The fraction of sp³-hybridized carbons (Fsp3) is 0.111. The van der Waals surface area contributed by atoms with Crippen molar-refractivity contribution in [2.24, 2.45) is 0 Å². The second kappa shape index (κ2) is 6.87. The minimum atomic E-state index is -0.896. The number of carbonyl (C=O) groups excluding carboxylic acids is 2. The third-order valence-corrected chi connectivity index (χ3v) is 3.48. The summed E-state index contributed by atoms with van der Waals surface area (Å²) in [5.74, 6) is -2.60. The van der Waals surface area contributed by atoms with Gasteiger partial charge in [0.05, 0.1) is 0 Å². The molecule has 4 nitrogen and oxygen atoms in total. The number of aliphatic hydroxyl groups excluding tert-OH is 1. The molecule has 0 aliphatic heterocycles. The zero-order chi connectivity index (χ0) is 17.0. The van der Waals surface area contributed by atoms with Crippen molar-refractivity contribution in [3.63, 3.8) is 0 Å². The Kier molecular flexibility index (Phi) is 4.91. The van der Waals surface area contributed by atoms with Crippen LogP contribution in [0.2, 0.25) is 0 Å². The van der Waals surface area contributed by atoms with E-state index in [1.165, 1.54) is 12.1 Å². The fourth-order valence-corrected chi connectivity index (χ4v) is 1.96. The summed E-state index contributed by atoms with van der Waals surface area (Å²) in [7, 11) is 0. The Labute approximate surface area is 133 Å². The van der Waals surface area contributed by atoms with Gasteiger partial charge in [-0.3, -0.25) is 9.59 Å². The summed E-state index contributed by atoms with van der Waals surface area (Å²) >= 11 is 0. The molecule has 0 saturated carbocycles. The molecule has 0 aliphatic carbocycles. The van der Waals surface area contributed by atoms with Gasteiger partial charge in [-0.15, -0.1) is 0 Å². The van der Waals surface area contributed by atoms with Gasteiger partial charge in [0.25, 0.3) is 5.91 Å². The van der Waals surface area contributed by atoms with E-state index in [-0.39, 0.29) is 5.56 Å². The molecule has 118 valence electrons. The van der Waals surface area contributed by atoms with Gasteiger partial charge in [-0.2, -0.15) is 0 Å². The molecule has 0 bridgehead atoms. The molecule has 2 N–H and O–H groups in total. The van der Waals surface area contributed by atoms with Gasteiger partial charge < -0.3 is 10.4 Å². The third-order valence-electron chi connectivity index (χ3n) is 3.48. The van der Waals surface area contributed by atoms with Crippen LogP contribution < -0.4 is 5.32 Å². The number of aryl methyl sites for hydroxylation is 1. The summed E-state index contributed by atoms with van der Waals surface area (Å²) < 4.78 is 12.8. The number of amides is 1. The van der Waals surface area contributed by atoms with Crippen LogP contribution in [0.5, 0.6) is 0 Å². The monoisotopic (exact) mass is 313 g/mol. The highest BCUT2D eigenvalue weighted by atomic mass is 19.1. The van der Waals surface area contributed by atoms with Gasteiger partial charge in [-0.1, -0.05) is 12.1 Å². The van der Waals surface area contributed by atoms with E-state index >= 15 is 0 Å². The molecule has 0 spiro atoms. The Bertz CT molecular complexity index is 779. The molecule has 0 atom stereocenters. The lowest BCUT2D eigenvalue weighted by atomic mass is 10.1. The number of aliphatic hydroxyl groups is 1. The van der Waals surface area contributed by atoms with Gasteiger partial charge in [0.1, 0.15) is 11.6 Å². The lowest BCUT2D eigenvalue weighted by Gasteiger charge is -2.09. The first-order valence-electron chi connectivity index (χ1n) is 6.96. The van der Waals surface area contributed by atoms with Crippen molar-refractivity contribution in [3.05, 3.63) is 71.0 Å².